The molecule has 0 atom stereocenters. The number of benzene rings is 1. The van der Waals surface area contributed by atoms with Crippen LogP contribution >= 0.6 is 0 Å². The third-order valence-corrected chi connectivity index (χ3v) is 4.44. The quantitative estimate of drug-likeness (QED) is 0.614. The Kier molecular flexibility index (Phi) is 8.31. The number of carbonyl (C=O) groups excluding carboxylic acids is 1. The summed E-state index contributed by atoms with van der Waals surface area (Å²) >= 11 is 0. The average molecular weight is 355 g/mol. The van der Waals surface area contributed by atoms with Crippen molar-refractivity contribution in [2.75, 3.05) is 42.1 Å². The van der Waals surface area contributed by atoms with Gasteiger partial charge in [-0.15, -0.1) is 0 Å². The van der Waals surface area contributed by atoms with E-state index in [1.54, 1.807) is 59.8 Å². The standard InChI is InChI=1S/C18H29NO6/c1-17(22-3,23-4)11-12-18(24-5,25-6)13-19-16(20)14-7-9-15(21-2)10-8-14/h7-10H,11-13H2,1-6H3,(H,19,20). The molecule has 0 saturated carbocycles. The number of rotatable bonds is 11. The lowest BCUT2D eigenvalue weighted by Crippen LogP contribution is -2.47. The Bertz CT molecular complexity index is 523. The van der Waals surface area contributed by atoms with Crippen molar-refractivity contribution in [1.29, 1.82) is 0 Å². The number of hydrogen-bond donors (Lipinski definition) is 1. The molecule has 25 heavy (non-hydrogen) atoms. The van der Waals surface area contributed by atoms with E-state index in [1.165, 1.54) is 0 Å². The van der Waals surface area contributed by atoms with Gasteiger partial charge >= 0.3 is 0 Å². The van der Waals surface area contributed by atoms with Crippen molar-refractivity contribution in [1.82, 2.24) is 5.32 Å². The molecule has 0 bridgehead atoms. The van der Waals surface area contributed by atoms with Crippen LogP contribution in [0.4, 0.5) is 0 Å². The predicted molar refractivity (Wildman–Crippen MR) is 93.7 cm³/mol. The van der Waals surface area contributed by atoms with Gasteiger partial charge in [0.05, 0.1) is 13.7 Å². The van der Waals surface area contributed by atoms with Crippen molar-refractivity contribution in [3.8, 4) is 5.75 Å². The molecule has 0 spiro atoms. The lowest BCUT2D eigenvalue weighted by atomic mass is 10.0. The van der Waals surface area contributed by atoms with Crippen molar-refractivity contribution < 1.29 is 28.5 Å². The van der Waals surface area contributed by atoms with Gasteiger partial charge in [0.15, 0.2) is 11.6 Å². The van der Waals surface area contributed by atoms with Crippen LogP contribution in [0.5, 0.6) is 5.75 Å². The lowest BCUT2D eigenvalue weighted by molar-refractivity contribution is -0.239. The van der Waals surface area contributed by atoms with Gasteiger partial charge in [-0.1, -0.05) is 0 Å². The maximum Gasteiger partial charge on any atom is 0.251 e. The highest BCUT2D eigenvalue weighted by molar-refractivity contribution is 5.94. The summed E-state index contributed by atoms with van der Waals surface area (Å²) in [4.78, 5) is 12.3. The Labute approximate surface area is 149 Å². The van der Waals surface area contributed by atoms with Crippen LogP contribution < -0.4 is 10.1 Å². The summed E-state index contributed by atoms with van der Waals surface area (Å²) in [5, 5.41) is 2.84. The van der Waals surface area contributed by atoms with Gasteiger partial charge in [0, 0.05) is 46.8 Å². The van der Waals surface area contributed by atoms with E-state index < -0.39 is 11.6 Å². The van der Waals surface area contributed by atoms with Crippen LogP contribution in [0.2, 0.25) is 0 Å². The Morgan fingerprint density at radius 2 is 1.48 bits per heavy atom. The van der Waals surface area contributed by atoms with Crippen molar-refractivity contribution in [2.45, 2.75) is 31.3 Å². The van der Waals surface area contributed by atoms with Gasteiger partial charge in [0.2, 0.25) is 0 Å². The highest BCUT2D eigenvalue weighted by Crippen LogP contribution is 2.25. The second-order valence-corrected chi connectivity index (χ2v) is 5.77. The molecule has 7 heteroatoms. The zero-order valence-corrected chi connectivity index (χ0v) is 15.9. The summed E-state index contributed by atoms with van der Waals surface area (Å²) in [5.41, 5.74) is 0.528. The molecule has 0 fully saturated rings. The summed E-state index contributed by atoms with van der Waals surface area (Å²) in [7, 11) is 7.82. The smallest absolute Gasteiger partial charge is 0.251 e. The molecule has 0 saturated heterocycles. The van der Waals surface area contributed by atoms with Crippen LogP contribution in [0.15, 0.2) is 24.3 Å². The Morgan fingerprint density at radius 1 is 0.920 bits per heavy atom. The van der Waals surface area contributed by atoms with Crippen molar-refractivity contribution in [3.05, 3.63) is 29.8 Å². The second kappa shape index (κ2) is 9.72. The minimum Gasteiger partial charge on any atom is -0.497 e. The normalized spacial score (nSPS) is 12.1. The molecule has 0 unspecified atom stereocenters. The first-order valence-corrected chi connectivity index (χ1v) is 8.00. The topological polar surface area (TPSA) is 75.3 Å². The Morgan fingerprint density at radius 3 is 1.92 bits per heavy atom. The third kappa shape index (κ3) is 5.97. The average Bonchev–Trinajstić information content (AvgIpc) is 2.68. The summed E-state index contributed by atoms with van der Waals surface area (Å²) < 4.78 is 26.9. The molecule has 1 N–H and O–H groups in total. The van der Waals surface area contributed by atoms with E-state index in [4.69, 9.17) is 23.7 Å². The van der Waals surface area contributed by atoms with Crippen LogP contribution in [0.1, 0.15) is 30.1 Å². The van der Waals surface area contributed by atoms with E-state index in [0.717, 1.165) is 0 Å². The zero-order valence-electron chi connectivity index (χ0n) is 15.9. The number of amides is 1. The number of ether oxygens (including phenoxy) is 5. The Hall–Kier alpha value is -1.67. The third-order valence-electron chi connectivity index (χ3n) is 4.44. The van der Waals surface area contributed by atoms with E-state index in [0.29, 0.717) is 24.2 Å². The van der Waals surface area contributed by atoms with Gasteiger partial charge in [-0.25, -0.2) is 0 Å². The van der Waals surface area contributed by atoms with E-state index in [-0.39, 0.29) is 12.5 Å². The molecule has 0 radical (unpaired) electrons. The van der Waals surface area contributed by atoms with Crippen molar-refractivity contribution in [3.63, 3.8) is 0 Å². The van der Waals surface area contributed by atoms with E-state index in [1.807, 2.05) is 6.92 Å². The number of methoxy groups -OCH3 is 5. The van der Waals surface area contributed by atoms with E-state index in [9.17, 15) is 4.79 Å². The van der Waals surface area contributed by atoms with Crippen molar-refractivity contribution >= 4 is 5.91 Å². The van der Waals surface area contributed by atoms with Gasteiger partial charge in [0.25, 0.3) is 5.91 Å². The van der Waals surface area contributed by atoms with Gasteiger partial charge in [-0.2, -0.15) is 0 Å². The number of hydrogen-bond acceptors (Lipinski definition) is 6. The van der Waals surface area contributed by atoms with Crippen LogP contribution in [-0.4, -0.2) is 59.6 Å². The number of carbonyl (C=O) groups is 1. The molecule has 0 heterocycles. The molecule has 1 amide bonds. The van der Waals surface area contributed by atoms with Crippen LogP contribution in [-0.2, 0) is 18.9 Å². The zero-order chi connectivity index (χ0) is 18.9. The highest BCUT2D eigenvalue weighted by atomic mass is 16.7. The first kappa shape index (κ1) is 21.4. The molecular formula is C18H29NO6. The summed E-state index contributed by atoms with van der Waals surface area (Å²) in [5.74, 6) is -1.25. The van der Waals surface area contributed by atoms with Gasteiger partial charge < -0.3 is 29.0 Å². The molecule has 142 valence electrons. The van der Waals surface area contributed by atoms with Gasteiger partial charge in [0.1, 0.15) is 5.75 Å². The van der Waals surface area contributed by atoms with Crippen molar-refractivity contribution in [2.24, 2.45) is 0 Å². The maximum absolute atomic E-state index is 12.3. The summed E-state index contributed by atoms with van der Waals surface area (Å²) in [6, 6.07) is 6.86. The minimum atomic E-state index is -0.972. The van der Waals surface area contributed by atoms with Crippen LogP contribution in [0, 0.1) is 0 Å². The summed E-state index contributed by atoms with van der Waals surface area (Å²) in [6.07, 6.45) is 1.00. The highest BCUT2D eigenvalue weighted by Gasteiger charge is 2.34. The van der Waals surface area contributed by atoms with Crippen LogP contribution in [0.25, 0.3) is 0 Å². The van der Waals surface area contributed by atoms with E-state index in [2.05, 4.69) is 5.32 Å². The molecule has 1 aromatic rings. The first-order chi connectivity index (χ1) is 11.9. The lowest BCUT2D eigenvalue weighted by Gasteiger charge is -2.35. The fourth-order valence-electron chi connectivity index (χ4n) is 2.28. The second-order valence-electron chi connectivity index (χ2n) is 5.77. The maximum atomic E-state index is 12.3. The molecule has 0 aliphatic heterocycles. The Balaban J connectivity index is 2.71. The molecule has 0 aliphatic rings. The number of nitrogens with one attached hydrogen (secondary N) is 1. The predicted octanol–water partition coefficient (Wildman–Crippen LogP) is 2.20. The monoisotopic (exact) mass is 355 g/mol. The molecular weight excluding hydrogens is 326 g/mol. The molecule has 0 aliphatic carbocycles. The molecule has 1 rings (SSSR count). The fraction of sp³-hybridized carbons (Fsp3) is 0.611. The molecule has 1 aromatic carbocycles. The largest absolute Gasteiger partial charge is 0.497 e. The molecule has 7 nitrogen and oxygen atoms in total. The van der Waals surface area contributed by atoms with Crippen LogP contribution in [0.3, 0.4) is 0 Å². The minimum absolute atomic E-state index is 0.189. The SMILES string of the molecule is COc1ccc(C(=O)NCC(CCC(C)(OC)OC)(OC)OC)cc1. The summed E-state index contributed by atoms with van der Waals surface area (Å²) in [6.45, 7) is 2.02. The van der Waals surface area contributed by atoms with Gasteiger partial charge in [-0.3, -0.25) is 4.79 Å². The first-order valence-electron chi connectivity index (χ1n) is 8.00. The fourth-order valence-corrected chi connectivity index (χ4v) is 2.28. The van der Waals surface area contributed by atoms with E-state index >= 15 is 0 Å². The van der Waals surface area contributed by atoms with Gasteiger partial charge in [-0.05, 0) is 31.2 Å². The molecule has 0 aromatic heterocycles.